The summed E-state index contributed by atoms with van der Waals surface area (Å²) >= 11 is 1.07. The molecule has 10 heteroatoms. The third-order valence-electron chi connectivity index (χ3n) is 7.85. The number of nitrogens with zero attached hydrogens (tertiary/aromatic N) is 2. The zero-order chi connectivity index (χ0) is 28.0. The van der Waals surface area contributed by atoms with Gasteiger partial charge in [0.1, 0.15) is 11.3 Å². The van der Waals surface area contributed by atoms with Crippen molar-refractivity contribution in [3.8, 4) is 5.75 Å². The molecule has 1 saturated carbocycles. The molecule has 4 N–H and O–H groups in total. The number of aromatic amines is 1. The molecule has 0 aliphatic heterocycles. The van der Waals surface area contributed by atoms with Crippen molar-refractivity contribution in [2.24, 2.45) is 5.73 Å². The first-order valence-electron chi connectivity index (χ1n) is 13.6. The van der Waals surface area contributed by atoms with E-state index in [9.17, 15) is 23.5 Å². The predicted molar refractivity (Wildman–Crippen MR) is 152 cm³/mol. The lowest BCUT2D eigenvalue weighted by atomic mass is 9.91. The highest BCUT2D eigenvalue weighted by Crippen LogP contribution is 2.35. The molecule has 4 rings (SSSR count). The number of primary amides is 1. The molecule has 2 aromatic carbocycles. The Labute approximate surface area is 231 Å². The number of H-pyrrole nitrogens is 1. The van der Waals surface area contributed by atoms with Gasteiger partial charge in [0.05, 0.1) is 4.70 Å². The Morgan fingerprint density at radius 3 is 2.49 bits per heavy atom. The molecule has 1 aliphatic rings. The molecule has 1 aliphatic carbocycles. The van der Waals surface area contributed by atoms with Gasteiger partial charge in [0.25, 0.3) is 0 Å². The van der Waals surface area contributed by atoms with Crippen LogP contribution in [0.15, 0.2) is 41.2 Å². The van der Waals surface area contributed by atoms with Crippen molar-refractivity contribution >= 4 is 27.5 Å². The smallest absolute Gasteiger partial charge is 0.305 e. The quantitative estimate of drug-likeness (QED) is 0.287. The van der Waals surface area contributed by atoms with Gasteiger partial charge in [-0.3, -0.25) is 14.5 Å². The molecule has 0 atom stereocenters. The summed E-state index contributed by atoms with van der Waals surface area (Å²) in [6.07, 6.45) is 2.37. The first-order chi connectivity index (χ1) is 18.6. The lowest BCUT2D eigenvalue weighted by molar-refractivity contribution is -0.118. The van der Waals surface area contributed by atoms with Gasteiger partial charge < -0.3 is 20.7 Å². The number of fused-ring (bicyclic) bond motifs is 1. The summed E-state index contributed by atoms with van der Waals surface area (Å²) in [4.78, 5) is 30.5. The molecule has 1 aromatic heterocycles. The monoisotopic (exact) mass is 560 g/mol. The van der Waals surface area contributed by atoms with Crippen LogP contribution in [0.5, 0.6) is 5.75 Å². The lowest BCUT2D eigenvalue weighted by Crippen LogP contribution is -2.45. The Morgan fingerprint density at radius 2 is 1.77 bits per heavy atom. The summed E-state index contributed by atoms with van der Waals surface area (Å²) < 4.78 is 28.7. The second-order valence-corrected chi connectivity index (χ2v) is 11.6. The molecule has 1 heterocycles. The van der Waals surface area contributed by atoms with E-state index in [1.807, 2.05) is 18.2 Å². The summed E-state index contributed by atoms with van der Waals surface area (Å²) in [7, 11) is 0. The number of aromatic nitrogens is 1. The fraction of sp³-hybridized carbons (Fsp3) is 0.517. The lowest BCUT2D eigenvalue weighted by Gasteiger charge is -2.38. The standard InChI is InChI=1S/C29H38F2N4O3S/c1-20-4-2-3-5-21(20)10-15-34(16-12-25(32)37)18-19-35(23-8-13-29(30,31)14-9-23)17-11-22-6-7-24(36)26-27(22)39-28(38)33-26/h2-7,23,36H,8-19H2,1H3,(H2,32,37)(H,33,38). The van der Waals surface area contributed by atoms with Crippen LogP contribution in [0.1, 0.15) is 48.8 Å². The number of aryl methyl sites for hydroxylation is 1. The van der Waals surface area contributed by atoms with Crippen LogP contribution in [-0.4, -0.2) is 70.5 Å². The van der Waals surface area contributed by atoms with Crippen LogP contribution in [0, 0.1) is 6.92 Å². The highest BCUT2D eigenvalue weighted by atomic mass is 32.1. The third-order valence-corrected chi connectivity index (χ3v) is 8.80. The highest BCUT2D eigenvalue weighted by Gasteiger charge is 2.36. The van der Waals surface area contributed by atoms with Gasteiger partial charge in [-0.25, -0.2) is 8.78 Å². The Balaban J connectivity index is 1.46. The van der Waals surface area contributed by atoms with E-state index in [1.165, 1.54) is 11.1 Å². The number of thiazole rings is 1. The predicted octanol–water partition coefficient (Wildman–Crippen LogP) is 4.45. The van der Waals surface area contributed by atoms with Crippen molar-refractivity contribution in [3.05, 3.63) is 62.8 Å². The van der Waals surface area contributed by atoms with Crippen molar-refractivity contribution in [2.75, 3.05) is 32.7 Å². The molecule has 212 valence electrons. The number of carbonyl (C=O) groups is 1. The van der Waals surface area contributed by atoms with Crippen LogP contribution >= 0.6 is 11.3 Å². The molecule has 1 fully saturated rings. The second-order valence-electron chi connectivity index (χ2n) is 10.6. The fourth-order valence-electron chi connectivity index (χ4n) is 5.44. The summed E-state index contributed by atoms with van der Waals surface area (Å²) in [5.74, 6) is -2.91. The summed E-state index contributed by atoms with van der Waals surface area (Å²) in [6.45, 7) is 5.41. The van der Waals surface area contributed by atoms with Gasteiger partial charge in [-0.05, 0) is 55.4 Å². The van der Waals surface area contributed by atoms with Crippen LogP contribution < -0.4 is 10.6 Å². The summed E-state index contributed by atoms with van der Waals surface area (Å²) in [5.41, 5.74) is 9.33. The molecule has 0 bridgehead atoms. The van der Waals surface area contributed by atoms with Crippen LogP contribution in [0.25, 0.3) is 10.2 Å². The van der Waals surface area contributed by atoms with Crippen LogP contribution in [0.2, 0.25) is 0 Å². The maximum Gasteiger partial charge on any atom is 0.305 e. The van der Waals surface area contributed by atoms with E-state index in [2.05, 4.69) is 33.8 Å². The normalized spacial score (nSPS) is 15.9. The van der Waals surface area contributed by atoms with Crippen molar-refractivity contribution in [2.45, 2.75) is 63.8 Å². The number of nitrogens with two attached hydrogens (primary N) is 1. The van der Waals surface area contributed by atoms with Gasteiger partial charge in [-0.1, -0.05) is 41.7 Å². The number of carbonyl (C=O) groups excluding carboxylic acids is 1. The Hall–Kier alpha value is -2.82. The number of alkyl halides is 2. The Bertz CT molecular complexity index is 1320. The van der Waals surface area contributed by atoms with Gasteiger partial charge >= 0.3 is 4.87 Å². The van der Waals surface area contributed by atoms with Crippen molar-refractivity contribution in [1.29, 1.82) is 0 Å². The van der Waals surface area contributed by atoms with Gasteiger partial charge in [0, 0.05) is 58.0 Å². The van der Waals surface area contributed by atoms with Crippen molar-refractivity contribution in [3.63, 3.8) is 0 Å². The molecule has 1 amide bonds. The van der Waals surface area contributed by atoms with Crippen molar-refractivity contribution in [1.82, 2.24) is 14.8 Å². The SMILES string of the molecule is Cc1ccccc1CCN(CCC(N)=O)CCN(CCc1ccc(O)c2[nH]c(=O)sc12)C1CCC(F)(F)CC1. The van der Waals surface area contributed by atoms with Crippen LogP contribution in [0.4, 0.5) is 8.78 Å². The average Bonchev–Trinajstić information content (AvgIpc) is 3.29. The minimum atomic E-state index is -2.61. The molecule has 3 aromatic rings. The molecular formula is C29H38F2N4O3S. The van der Waals surface area contributed by atoms with E-state index in [-0.39, 0.29) is 41.8 Å². The van der Waals surface area contributed by atoms with Crippen LogP contribution in [0.3, 0.4) is 0 Å². The summed E-state index contributed by atoms with van der Waals surface area (Å²) in [5, 5.41) is 10.1. The van der Waals surface area contributed by atoms with E-state index in [0.29, 0.717) is 51.0 Å². The number of benzene rings is 2. The first kappa shape index (κ1) is 29.2. The molecule has 0 unspecified atom stereocenters. The molecule has 39 heavy (non-hydrogen) atoms. The van der Waals surface area contributed by atoms with E-state index < -0.39 is 5.92 Å². The number of hydrogen-bond acceptors (Lipinski definition) is 6. The molecule has 0 radical (unpaired) electrons. The topological polar surface area (TPSA) is 103 Å². The van der Waals surface area contributed by atoms with Gasteiger partial charge in [0.15, 0.2) is 0 Å². The number of hydrogen-bond donors (Lipinski definition) is 3. The van der Waals surface area contributed by atoms with E-state index in [0.717, 1.165) is 34.6 Å². The van der Waals surface area contributed by atoms with E-state index >= 15 is 0 Å². The zero-order valence-electron chi connectivity index (χ0n) is 22.4. The number of rotatable bonds is 13. The average molecular weight is 561 g/mol. The second kappa shape index (κ2) is 13.0. The maximum atomic E-state index is 14.0. The number of amides is 1. The number of phenolic OH excluding ortho intramolecular Hbond substituents is 1. The van der Waals surface area contributed by atoms with Gasteiger partial charge in [-0.2, -0.15) is 0 Å². The number of aromatic hydroxyl groups is 1. The number of phenols is 1. The number of nitrogens with one attached hydrogen (secondary N) is 1. The molecule has 0 spiro atoms. The summed E-state index contributed by atoms with van der Waals surface area (Å²) in [6, 6.07) is 11.7. The zero-order valence-corrected chi connectivity index (χ0v) is 23.2. The minimum absolute atomic E-state index is 0.0385. The largest absolute Gasteiger partial charge is 0.506 e. The molecular weight excluding hydrogens is 522 g/mol. The van der Waals surface area contributed by atoms with E-state index in [1.54, 1.807) is 6.07 Å². The van der Waals surface area contributed by atoms with E-state index in [4.69, 9.17) is 5.73 Å². The maximum absolute atomic E-state index is 14.0. The van der Waals surface area contributed by atoms with Gasteiger partial charge in [0.2, 0.25) is 11.8 Å². The molecule has 0 saturated heterocycles. The minimum Gasteiger partial charge on any atom is -0.506 e. The Morgan fingerprint density at radius 1 is 1.05 bits per heavy atom. The van der Waals surface area contributed by atoms with Crippen molar-refractivity contribution < 1.29 is 18.7 Å². The van der Waals surface area contributed by atoms with Gasteiger partial charge in [-0.15, -0.1) is 0 Å². The molecule has 7 nitrogen and oxygen atoms in total. The third kappa shape index (κ3) is 8.09. The van der Waals surface area contributed by atoms with Crippen LogP contribution in [-0.2, 0) is 17.6 Å². The number of halogens is 2. The highest BCUT2D eigenvalue weighted by molar-refractivity contribution is 7.16. The first-order valence-corrected chi connectivity index (χ1v) is 14.4. The fourth-order valence-corrected chi connectivity index (χ4v) is 6.34. The Kier molecular flexibility index (Phi) is 9.74.